The highest BCUT2D eigenvalue weighted by Gasteiger charge is 2.23. The van der Waals surface area contributed by atoms with Crippen molar-refractivity contribution in [3.63, 3.8) is 0 Å². The Morgan fingerprint density at radius 3 is 2.67 bits per heavy atom. The van der Waals surface area contributed by atoms with Gasteiger partial charge in [0.25, 0.3) is 5.91 Å². The molecule has 0 saturated carbocycles. The number of anilines is 1. The van der Waals surface area contributed by atoms with E-state index >= 15 is 0 Å². The number of hydrogen-bond donors (Lipinski definition) is 1. The van der Waals surface area contributed by atoms with Crippen molar-refractivity contribution in [1.82, 2.24) is 24.7 Å². The Hall–Kier alpha value is -3.26. The third-order valence-corrected chi connectivity index (χ3v) is 6.22. The summed E-state index contributed by atoms with van der Waals surface area (Å²) in [5.41, 5.74) is 2.52. The van der Waals surface area contributed by atoms with Gasteiger partial charge in [-0.3, -0.25) is 4.79 Å². The highest BCUT2D eigenvalue weighted by molar-refractivity contribution is 7.08. The molecule has 0 unspecified atom stereocenters. The fourth-order valence-corrected chi connectivity index (χ4v) is 4.44. The minimum Gasteiger partial charge on any atom is -0.368 e. The van der Waals surface area contributed by atoms with E-state index in [1.165, 1.54) is 0 Å². The molecule has 1 fully saturated rings. The molecule has 0 atom stereocenters. The Labute approximate surface area is 178 Å². The number of rotatable bonds is 5. The number of piperidine rings is 1. The number of benzene rings is 1. The fraction of sp³-hybridized carbons (Fsp3) is 0.273. The largest absolute Gasteiger partial charge is 0.368 e. The average Bonchev–Trinajstić information content (AvgIpc) is 3.47. The number of carbonyl (C=O) groups is 1. The summed E-state index contributed by atoms with van der Waals surface area (Å²) in [4.78, 5) is 14.6. The van der Waals surface area contributed by atoms with Crippen LogP contribution in [0.3, 0.4) is 0 Å². The van der Waals surface area contributed by atoms with Gasteiger partial charge in [-0.05, 0) is 54.5 Å². The number of thiophene rings is 1. The maximum atomic E-state index is 12.6. The first kappa shape index (κ1) is 18.7. The molecule has 0 bridgehead atoms. The van der Waals surface area contributed by atoms with Gasteiger partial charge in [-0.1, -0.05) is 18.2 Å². The van der Waals surface area contributed by atoms with Crippen molar-refractivity contribution in [2.24, 2.45) is 5.92 Å². The van der Waals surface area contributed by atoms with Gasteiger partial charge in [-0.15, -0.1) is 15.3 Å². The van der Waals surface area contributed by atoms with E-state index in [0.29, 0.717) is 5.92 Å². The van der Waals surface area contributed by atoms with Gasteiger partial charge in [-0.2, -0.15) is 15.9 Å². The molecular formula is C22H22N6OS. The lowest BCUT2D eigenvalue weighted by Crippen LogP contribution is -2.39. The first-order chi connectivity index (χ1) is 14.8. The lowest BCUT2D eigenvalue weighted by molar-refractivity contribution is 0.0695. The number of aromatic nitrogens is 4. The van der Waals surface area contributed by atoms with Crippen molar-refractivity contribution in [3.8, 4) is 11.4 Å². The molecule has 4 heterocycles. The van der Waals surface area contributed by atoms with Gasteiger partial charge in [0.05, 0.1) is 0 Å². The summed E-state index contributed by atoms with van der Waals surface area (Å²) in [6, 6.07) is 15.4. The second-order valence-corrected chi connectivity index (χ2v) is 8.29. The lowest BCUT2D eigenvalue weighted by atomic mass is 9.96. The zero-order chi connectivity index (χ0) is 20.3. The van der Waals surface area contributed by atoms with Crippen LogP contribution in [-0.2, 0) is 0 Å². The predicted molar refractivity (Wildman–Crippen MR) is 118 cm³/mol. The van der Waals surface area contributed by atoms with Gasteiger partial charge < -0.3 is 10.2 Å². The SMILES string of the molecule is O=C(c1ccccc1)N1CCC(CNc2ccc3nnc(-c4ccsc4)n3n2)CC1. The summed E-state index contributed by atoms with van der Waals surface area (Å²) in [7, 11) is 0. The summed E-state index contributed by atoms with van der Waals surface area (Å²) >= 11 is 1.63. The maximum Gasteiger partial charge on any atom is 0.253 e. The van der Waals surface area contributed by atoms with Crippen LogP contribution >= 0.6 is 11.3 Å². The number of fused-ring (bicyclic) bond motifs is 1. The zero-order valence-corrected chi connectivity index (χ0v) is 17.3. The van der Waals surface area contributed by atoms with Crippen LogP contribution < -0.4 is 5.32 Å². The zero-order valence-electron chi connectivity index (χ0n) is 16.4. The van der Waals surface area contributed by atoms with Crippen molar-refractivity contribution in [2.45, 2.75) is 12.8 Å². The molecule has 1 amide bonds. The van der Waals surface area contributed by atoms with Crippen LogP contribution in [-0.4, -0.2) is 50.3 Å². The molecule has 7 nitrogen and oxygen atoms in total. The molecule has 1 saturated heterocycles. The van der Waals surface area contributed by atoms with E-state index in [1.54, 1.807) is 15.9 Å². The number of nitrogens with one attached hydrogen (secondary N) is 1. The molecule has 1 aromatic carbocycles. The second kappa shape index (κ2) is 8.23. The standard InChI is InChI=1S/C22H22N6OS/c29-22(17-4-2-1-3-5-17)27-11-8-16(9-12-27)14-23-19-6-7-20-24-25-21(28(20)26-19)18-10-13-30-15-18/h1-7,10,13,15-16H,8-9,11-12,14H2,(H,23,26). The molecule has 5 rings (SSSR count). The Morgan fingerprint density at radius 1 is 1.07 bits per heavy atom. The van der Waals surface area contributed by atoms with Crippen LogP contribution in [0.25, 0.3) is 17.0 Å². The van der Waals surface area contributed by atoms with Crippen molar-refractivity contribution in [2.75, 3.05) is 25.0 Å². The molecule has 3 aromatic heterocycles. The third kappa shape index (κ3) is 3.78. The van der Waals surface area contributed by atoms with Gasteiger partial charge >= 0.3 is 0 Å². The smallest absolute Gasteiger partial charge is 0.253 e. The third-order valence-electron chi connectivity index (χ3n) is 5.54. The first-order valence-corrected chi connectivity index (χ1v) is 11.1. The summed E-state index contributed by atoms with van der Waals surface area (Å²) < 4.78 is 1.78. The van der Waals surface area contributed by atoms with Crippen LogP contribution in [0.4, 0.5) is 5.82 Å². The van der Waals surface area contributed by atoms with Crippen LogP contribution in [0, 0.1) is 5.92 Å². The van der Waals surface area contributed by atoms with E-state index in [-0.39, 0.29) is 5.91 Å². The van der Waals surface area contributed by atoms with Crippen molar-refractivity contribution in [3.05, 3.63) is 64.9 Å². The quantitative estimate of drug-likeness (QED) is 0.533. The van der Waals surface area contributed by atoms with Crippen LogP contribution in [0.2, 0.25) is 0 Å². The number of likely N-dealkylation sites (tertiary alicyclic amines) is 1. The van der Waals surface area contributed by atoms with E-state index in [9.17, 15) is 4.79 Å². The summed E-state index contributed by atoms with van der Waals surface area (Å²) in [5.74, 6) is 2.20. The van der Waals surface area contributed by atoms with Gasteiger partial charge in [0.15, 0.2) is 11.5 Å². The number of carbonyl (C=O) groups excluding carboxylic acids is 1. The lowest BCUT2D eigenvalue weighted by Gasteiger charge is -2.32. The monoisotopic (exact) mass is 418 g/mol. The minimum atomic E-state index is 0.127. The van der Waals surface area contributed by atoms with E-state index in [0.717, 1.165) is 60.9 Å². The number of amides is 1. The Kier molecular flexibility index (Phi) is 5.15. The molecule has 0 spiro atoms. The highest BCUT2D eigenvalue weighted by atomic mass is 32.1. The van der Waals surface area contributed by atoms with Gasteiger partial charge in [0.2, 0.25) is 0 Å². The molecule has 1 N–H and O–H groups in total. The van der Waals surface area contributed by atoms with Crippen molar-refractivity contribution >= 4 is 28.7 Å². The van der Waals surface area contributed by atoms with E-state index in [1.807, 2.05) is 64.2 Å². The van der Waals surface area contributed by atoms with Crippen molar-refractivity contribution < 1.29 is 4.79 Å². The van der Waals surface area contributed by atoms with Crippen molar-refractivity contribution in [1.29, 1.82) is 0 Å². The Balaban J connectivity index is 1.20. The van der Waals surface area contributed by atoms with Gasteiger partial charge in [0.1, 0.15) is 5.82 Å². The molecule has 30 heavy (non-hydrogen) atoms. The molecule has 4 aromatic rings. The molecule has 8 heteroatoms. The Morgan fingerprint density at radius 2 is 1.90 bits per heavy atom. The number of hydrogen-bond acceptors (Lipinski definition) is 6. The summed E-state index contributed by atoms with van der Waals surface area (Å²) in [5, 5.41) is 20.7. The van der Waals surface area contributed by atoms with Crippen LogP contribution in [0.15, 0.2) is 59.3 Å². The highest BCUT2D eigenvalue weighted by Crippen LogP contribution is 2.22. The molecule has 0 radical (unpaired) electrons. The molecular weight excluding hydrogens is 396 g/mol. The minimum absolute atomic E-state index is 0.127. The predicted octanol–water partition coefficient (Wildman–Crippen LogP) is 3.82. The first-order valence-electron chi connectivity index (χ1n) is 10.1. The topological polar surface area (TPSA) is 75.4 Å². The number of nitrogens with zero attached hydrogens (tertiary/aromatic N) is 5. The average molecular weight is 419 g/mol. The molecule has 0 aliphatic carbocycles. The normalized spacial score (nSPS) is 14.9. The summed E-state index contributed by atoms with van der Waals surface area (Å²) in [6.45, 7) is 2.42. The van der Waals surface area contributed by atoms with Crippen LogP contribution in [0.1, 0.15) is 23.2 Å². The molecule has 152 valence electrons. The van der Waals surface area contributed by atoms with E-state index < -0.39 is 0 Å². The molecule has 1 aliphatic heterocycles. The summed E-state index contributed by atoms with van der Waals surface area (Å²) in [6.07, 6.45) is 1.97. The van der Waals surface area contributed by atoms with Gasteiger partial charge in [0, 0.05) is 36.1 Å². The van der Waals surface area contributed by atoms with E-state index in [2.05, 4.69) is 20.6 Å². The fourth-order valence-electron chi connectivity index (χ4n) is 3.81. The molecule has 1 aliphatic rings. The van der Waals surface area contributed by atoms with Gasteiger partial charge in [-0.25, -0.2) is 0 Å². The maximum absolute atomic E-state index is 12.6. The Bertz CT molecular complexity index is 1130. The van der Waals surface area contributed by atoms with Crippen LogP contribution in [0.5, 0.6) is 0 Å². The van der Waals surface area contributed by atoms with E-state index in [4.69, 9.17) is 0 Å². The second-order valence-electron chi connectivity index (χ2n) is 7.51.